The number of sulfonamides is 1. The normalized spacial score (nSPS) is 18.2. The molecule has 0 radical (unpaired) electrons. The van der Waals surface area contributed by atoms with Crippen molar-refractivity contribution >= 4 is 27.5 Å². The first-order valence-corrected chi connectivity index (χ1v) is 12.8. The van der Waals surface area contributed by atoms with Crippen LogP contribution in [0.4, 0.5) is 0 Å². The molecule has 33 heavy (non-hydrogen) atoms. The zero-order chi connectivity index (χ0) is 24.2. The summed E-state index contributed by atoms with van der Waals surface area (Å²) in [6.45, 7) is 3.32. The van der Waals surface area contributed by atoms with Gasteiger partial charge in [-0.15, -0.1) is 0 Å². The smallest absolute Gasteiger partial charge is 0.251 e. The lowest BCUT2D eigenvalue weighted by atomic mass is 10.0. The van der Waals surface area contributed by atoms with Gasteiger partial charge in [0, 0.05) is 25.2 Å². The topological polar surface area (TPSA) is 78.9 Å². The summed E-state index contributed by atoms with van der Waals surface area (Å²) < 4.78 is 33.1. The predicted molar refractivity (Wildman–Crippen MR) is 130 cm³/mol. The summed E-state index contributed by atoms with van der Waals surface area (Å²) in [5, 5.41) is 3.05. The van der Waals surface area contributed by atoms with Crippen molar-refractivity contribution in [1.29, 1.82) is 0 Å². The van der Waals surface area contributed by atoms with Gasteiger partial charge in [-0.3, -0.25) is 4.79 Å². The molecule has 1 saturated heterocycles. The first kappa shape index (κ1) is 25.5. The van der Waals surface area contributed by atoms with Gasteiger partial charge in [0.25, 0.3) is 5.91 Å². The fourth-order valence-corrected chi connectivity index (χ4v) is 6.16. The maximum atomic E-state index is 13.2. The molecule has 1 aliphatic rings. The number of benzene rings is 2. The van der Waals surface area contributed by atoms with Crippen LogP contribution in [0.2, 0.25) is 5.02 Å². The maximum absolute atomic E-state index is 13.2. The molecular formula is C24H32ClN3O4S. The lowest BCUT2D eigenvalue weighted by molar-refractivity contribution is 0.0941. The van der Waals surface area contributed by atoms with Crippen molar-refractivity contribution in [2.45, 2.75) is 30.7 Å². The highest BCUT2D eigenvalue weighted by molar-refractivity contribution is 7.89. The summed E-state index contributed by atoms with van der Waals surface area (Å²) in [5.41, 5.74) is 1.29. The number of methoxy groups -OCH3 is 1. The van der Waals surface area contributed by atoms with Gasteiger partial charge in [0.05, 0.1) is 18.2 Å². The highest BCUT2D eigenvalue weighted by Crippen LogP contribution is 2.29. The molecule has 7 nitrogen and oxygen atoms in total. The number of nitrogens with zero attached hydrogens (tertiary/aromatic N) is 2. The quantitative estimate of drug-likeness (QED) is 0.605. The van der Waals surface area contributed by atoms with Crippen LogP contribution in [0.15, 0.2) is 47.4 Å². The van der Waals surface area contributed by atoms with Crippen LogP contribution < -0.4 is 10.1 Å². The number of nitrogens with one attached hydrogen (secondary N) is 1. The summed E-state index contributed by atoms with van der Waals surface area (Å²) in [5.74, 6) is 0.702. The fraction of sp³-hybridized carbons (Fsp3) is 0.458. The number of rotatable bonds is 8. The van der Waals surface area contributed by atoms with E-state index in [1.54, 1.807) is 13.2 Å². The molecule has 180 valence electrons. The van der Waals surface area contributed by atoms with E-state index in [0.717, 1.165) is 24.2 Å². The maximum Gasteiger partial charge on any atom is 0.251 e. The highest BCUT2D eigenvalue weighted by atomic mass is 35.5. The third-order valence-corrected chi connectivity index (χ3v) is 8.36. The summed E-state index contributed by atoms with van der Waals surface area (Å²) in [4.78, 5) is 14.9. The average Bonchev–Trinajstić information content (AvgIpc) is 2.79. The number of halogens is 1. The monoisotopic (exact) mass is 493 g/mol. The SMILES string of the molecule is COc1ccc([C@H](CNC(=O)c2ccc(Cl)c(S(=O)(=O)N3CCC[C@@H](C)C3)c2)N(C)C)cc1. The Morgan fingerprint density at radius 3 is 2.55 bits per heavy atom. The molecule has 3 rings (SSSR count). The number of carbonyl (C=O) groups excluding carboxylic acids is 1. The van der Waals surface area contributed by atoms with Crippen LogP contribution in [0.25, 0.3) is 0 Å². The molecule has 0 bridgehead atoms. The molecule has 0 saturated carbocycles. The molecule has 1 N–H and O–H groups in total. The number of piperidine rings is 1. The van der Waals surface area contributed by atoms with E-state index in [-0.39, 0.29) is 27.4 Å². The second kappa shape index (κ2) is 10.9. The summed E-state index contributed by atoms with van der Waals surface area (Å²) in [6, 6.07) is 12.0. The average molecular weight is 494 g/mol. The highest BCUT2D eigenvalue weighted by Gasteiger charge is 2.31. The Hall–Kier alpha value is -2.13. The largest absolute Gasteiger partial charge is 0.497 e. The zero-order valence-corrected chi connectivity index (χ0v) is 21.1. The van der Waals surface area contributed by atoms with Crippen LogP contribution in [0.5, 0.6) is 5.75 Å². The fourth-order valence-electron chi connectivity index (χ4n) is 4.06. The van der Waals surface area contributed by atoms with Gasteiger partial charge >= 0.3 is 0 Å². The summed E-state index contributed by atoms with van der Waals surface area (Å²) in [7, 11) is 1.72. The van der Waals surface area contributed by atoms with Crippen molar-refractivity contribution in [3.8, 4) is 5.75 Å². The first-order valence-electron chi connectivity index (χ1n) is 11.0. The Labute approximate surface area is 201 Å². The second-order valence-corrected chi connectivity index (χ2v) is 11.0. The van der Waals surface area contributed by atoms with Gasteiger partial charge in [0.15, 0.2) is 0 Å². The van der Waals surface area contributed by atoms with Gasteiger partial charge in [0.1, 0.15) is 10.6 Å². The van der Waals surface area contributed by atoms with Crippen molar-refractivity contribution in [3.63, 3.8) is 0 Å². The van der Waals surface area contributed by atoms with Gasteiger partial charge in [-0.25, -0.2) is 8.42 Å². The second-order valence-electron chi connectivity index (χ2n) is 8.72. The van der Waals surface area contributed by atoms with Gasteiger partial charge in [-0.05, 0) is 68.8 Å². The third-order valence-electron chi connectivity index (χ3n) is 6.01. The van der Waals surface area contributed by atoms with E-state index >= 15 is 0 Å². The molecule has 2 aromatic carbocycles. The van der Waals surface area contributed by atoms with Crippen molar-refractivity contribution < 1.29 is 17.9 Å². The molecule has 9 heteroatoms. The molecule has 2 aromatic rings. The number of amides is 1. The van der Waals surface area contributed by atoms with Gasteiger partial charge in [-0.2, -0.15) is 4.31 Å². The lowest BCUT2D eigenvalue weighted by Crippen LogP contribution is -2.39. The van der Waals surface area contributed by atoms with Crippen molar-refractivity contribution in [2.75, 3.05) is 40.8 Å². The van der Waals surface area contributed by atoms with Gasteiger partial charge < -0.3 is 15.0 Å². The van der Waals surface area contributed by atoms with Gasteiger partial charge in [-0.1, -0.05) is 30.7 Å². The molecule has 0 aliphatic carbocycles. The number of carbonyl (C=O) groups is 1. The van der Waals surface area contributed by atoms with Crippen LogP contribution >= 0.6 is 11.6 Å². The molecule has 0 spiro atoms. The van der Waals surface area contributed by atoms with Crippen molar-refractivity contribution in [1.82, 2.24) is 14.5 Å². The molecule has 1 aliphatic heterocycles. The molecule has 1 amide bonds. The van der Waals surface area contributed by atoms with E-state index in [9.17, 15) is 13.2 Å². The number of ether oxygens (including phenoxy) is 1. The molecule has 1 heterocycles. The molecular weight excluding hydrogens is 462 g/mol. The minimum absolute atomic E-state index is 0.0229. The van der Waals surface area contributed by atoms with Crippen molar-refractivity contribution in [3.05, 3.63) is 58.6 Å². The van der Waals surface area contributed by atoms with E-state index in [1.165, 1.54) is 16.4 Å². The number of likely N-dealkylation sites (N-methyl/N-ethyl adjacent to an activating group) is 1. The number of hydrogen-bond donors (Lipinski definition) is 1. The Bertz CT molecular complexity index is 1070. The third kappa shape index (κ3) is 6.06. The van der Waals surface area contributed by atoms with E-state index in [4.69, 9.17) is 16.3 Å². The van der Waals surface area contributed by atoms with Crippen LogP contribution in [-0.4, -0.2) is 64.4 Å². The Balaban J connectivity index is 1.77. The minimum Gasteiger partial charge on any atom is -0.497 e. The Morgan fingerprint density at radius 1 is 1.24 bits per heavy atom. The van der Waals surface area contributed by atoms with E-state index in [2.05, 4.69) is 5.32 Å². The predicted octanol–water partition coefficient (Wildman–Crippen LogP) is 3.80. The van der Waals surface area contributed by atoms with Crippen LogP contribution in [0.3, 0.4) is 0 Å². The molecule has 1 fully saturated rings. The standard InChI is InChI=1S/C24H32ClN3O4S/c1-17-6-5-13-28(16-17)33(30,31)23-14-19(9-12-21(23)25)24(29)26-15-22(27(2)3)18-7-10-20(32-4)11-8-18/h7-12,14,17,22H,5-6,13,15-16H2,1-4H3,(H,26,29)/t17-,22+/m1/s1. The first-order chi connectivity index (χ1) is 15.6. The van der Waals surface area contributed by atoms with E-state index in [1.807, 2.05) is 50.2 Å². The summed E-state index contributed by atoms with van der Waals surface area (Å²) in [6.07, 6.45) is 1.82. The summed E-state index contributed by atoms with van der Waals surface area (Å²) >= 11 is 6.26. The number of hydrogen-bond acceptors (Lipinski definition) is 5. The van der Waals surface area contributed by atoms with Crippen molar-refractivity contribution in [2.24, 2.45) is 5.92 Å². The zero-order valence-electron chi connectivity index (χ0n) is 19.5. The van der Waals surface area contributed by atoms with Gasteiger partial charge in [0.2, 0.25) is 10.0 Å². The lowest BCUT2D eigenvalue weighted by Gasteiger charge is -2.30. The minimum atomic E-state index is -3.77. The van der Waals surface area contributed by atoms with E-state index < -0.39 is 10.0 Å². The Morgan fingerprint density at radius 2 is 1.94 bits per heavy atom. The molecule has 2 atom stereocenters. The Kier molecular flexibility index (Phi) is 8.39. The molecule has 0 aromatic heterocycles. The van der Waals surface area contributed by atoms with E-state index in [0.29, 0.717) is 25.6 Å². The van der Waals surface area contributed by atoms with Crippen LogP contribution in [-0.2, 0) is 10.0 Å². The van der Waals surface area contributed by atoms with Crippen LogP contribution in [0.1, 0.15) is 41.7 Å². The molecule has 0 unspecified atom stereocenters. The van der Waals surface area contributed by atoms with Crippen LogP contribution in [0, 0.1) is 5.92 Å².